The standard InChI is InChI=1S/C19H15F3N4O3/c20-10-1-2-11(15(22)5-10)17(9-27)24-18(28)8-26-7-13-12(6-23)14(21)3-4-16(13)25-19(26)29/h1-5,17,27H,7-9H2,(H,24,28)(H,25,29). The first kappa shape index (κ1) is 20.2. The van der Waals surface area contributed by atoms with Gasteiger partial charge >= 0.3 is 6.03 Å². The van der Waals surface area contributed by atoms with Crippen LogP contribution in [0.5, 0.6) is 0 Å². The first-order valence-corrected chi connectivity index (χ1v) is 8.46. The first-order valence-electron chi connectivity index (χ1n) is 8.46. The van der Waals surface area contributed by atoms with E-state index in [1.165, 1.54) is 6.07 Å². The first-order chi connectivity index (χ1) is 13.8. The number of nitrogens with one attached hydrogen (secondary N) is 2. The third-order valence-electron chi connectivity index (χ3n) is 4.44. The number of aliphatic hydroxyl groups is 1. The lowest BCUT2D eigenvalue weighted by Crippen LogP contribution is -2.46. The van der Waals surface area contributed by atoms with Crippen LogP contribution in [0.15, 0.2) is 30.3 Å². The summed E-state index contributed by atoms with van der Waals surface area (Å²) in [6, 6.07) is 5.01. The molecule has 0 aromatic heterocycles. The SMILES string of the molecule is N#Cc1c(F)ccc2c1CN(CC(=O)NC(CO)c1ccc(F)cc1F)C(=O)N2. The summed E-state index contributed by atoms with van der Waals surface area (Å²) in [5.74, 6) is -3.23. The highest BCUT2D eigenvalue weighted by Gasteiger charge is 2.28. The van der Waals surface area contributed by atoms with E-state index in [1.807, 2.05) is 0 Å². The zero-order valence-corrected chi connectivity index (χ0v) is 14.9. The summed E-state index contributed by atoms with van der Waals surface area (Å²) in [4.78, 5) is 25.6. The second kappa shape index (κ2) is 8.20. The van der Waals surface area contributed by atoms with Crippen LogP contribution in [0.25, 0.3) is 0 Å². The maximum Gasteiger partial charge on any atom is 0.322 e. The molecule has 0 saturated carbocycles. The van der Waals surface area contributed by atoms with Gasteiger partial charge in [0.1, 0.15) is 30.1 Å². The molecule has 1 heterocycles. The van der Waals surface area contributed by atoms with Crippen LogP contribution in [0.4, 0.5) is 23.7 Å². The number of amides is 3. The van der Waals surface area contributed by atoms with Crippen molar-refractivity contribution >= 4 is 17.6 Å². The number of aliphatic hydroxyl groups excluding tert-OH is 1. The quantitative estimate of drug-likeness (QED) is 0.710. The minimum atomic E-state index is -1.16. The van der Waals surface area contributed by atoms with Gasteiger partial charge in [-0.15, -0.1) is 0 Å². The zero-order valence-electron chi connectivity index (χ0n) is 14.9. The molecule has 0 spiro atoms. The number of fused-ring (bicyclic) bond motifs is 1. The fourth-order valence-corrected chi connectivity index (χ4v) is 3.03. The molecule has 3 rings (SSSR count). The van der Waals surface area contributed by atoms with Crippen LogP contribution in [0.1, 0.15) is 22.7 Å². The van der Waals surface area contributed by atoms with Gasteiger partial charge in [0.25, 0.3) is 0 Å². The second-order valence-electron chi connectivity index (χ2n) is 6.32. The van der Waals surface area contributed by atoms with Gasteiger partial charge in [0.05, 0.1) is 24.8 Å². The number of carbonyl (C=O) groups excluding carboxylic acids is 2. The Kier molecular flexibility index (Phi) is 5.70. The number of hydrogen-bond donors (Lipinski definition) is 3. The van der Waals surface area contributed by atoms with E-state index >= 15 is 0 Å². The van der Waals surface area contributed by atoms with Crippen molar-refractivity contribution in [3.8, 4) is 6.07 Å². The highest BCUT2D eigenvalue weighted by atomic mass is 19.1. The van der Waals surface area contributed by atoms with Crippen molar-refractivity contribution in [3.05, 3.63) is 64.5 Å². The minimum absolute atomic E-state index is 0.121. The average Bonchev–Trinajstić information content (AvgIpc) is 2.67. The van der Waals surface area contributed by atoms with Crippen molar-refractivity contribution in [2.75, 3.05) is 18.5 Å². The predicted molar refractivity (Wildman–Crippen MR) is 94.9 cm³/mol. The molecule has 0 radical (unpaired) electrons. The molecule has 1 aliphatic heterocycles. The van der Waals surface area contributed by atoms with E-state index in [9.17, 15) is 27.9 Å². The molecule has 1 aliphatic rings. The third-order valence-corrected chi connectivity index (χ3v) is 4.44. The molecule has 150 valence electrons. The van der Waals surface area contributed by atoms with Gasteiger partial charge in [-0.25, -0.2) is 18.0 Å². The van der Waals surface area contributed by atoms with Crippen molar-refractivity contribution in [3.63, 3.8) is 0 Å². The van der Waals surface area contributed by atoms with Crippen LogP contribution in [0.3, 0.4) is 0 Å². The number of anilines is 1. The van der Waals surface area contributed by atoms with E-state index in [4.69, 9.17) is 5.26 Å². The van der Waals surface area contributed by atoms with Crippen LogP contribution in [-0.2, 0) is 11.3 Å². The number of benzene rings is 2. The Balaban J connectivity index is 1.74. The minimum Gasteiger partial charge on any atom is -0.394 e. The molecule has 0 saturated heterocycles. The molecule has 10 heteroatoms. The zero-order chi connectivity index (χ0) is 21.1. The van der Waals surface area contributed by atoms with Gasteiger partial charge in [-0.2, -0.15) is 5.26 Å². The molecule has 0 fully saturated rings. The predicted octanol–water partition coefficient (Wildman–Crippen LogP) is 2.17. The van der Waals surface area contributed by atoms with Crippen LogP contribution < -0.4 is 10.6 Å². The molecule has 0 aliphatic carbocycles. The smallest absolute Gasteiger partial charge is 0.322 e. The van der Waals surface area contributed by atoms with E-state index in [0.717, 1.165) is 23.1 Å². The highest BCUT2D eigenvalue weighted by Crippen LogP contribution is 2.28. The van der Waals surface area contributed by atoms with Gasteiger partial charge in [0.2, 0.25) is 5.91 Å². The molecule has 2 aromatic carbocycles. The Morgan fingerprint density at radius 1 is 1.28 bits per heavy atom. The van der Waals surface area contributed by atoms with Crippen molar-refractivity contribution < 1.29 is 27.9 Å². The Labute approximate surface area is 163 Å². The molecular formula is C19H15F3N4O3. The molecule has 2 aromatic rings. The molecular weight excluding hydrogens is 389 g/mol. The molecule has 1 atom stereocenters. The average molecular weight is 404 g/mol. The van der Waals surface area contributed by atoms with Crippen molar-refractivity contribution in [2.24, 2.45) is 0 Å². The Morgan fingerprint density at radius 3 is 2.69 bits per heavy atom. The van der Waals surface area contributed by atoms with E-state index in [-0.39, 0.29) is 28.9 Å². The fraction of sp³-hybridized carbons (Fsp3) is 0.211. The number of nitriles is 1. The summed E-state index contributed by atoms with van der Waals surface area (Å²) in [6.07, 6.45) is 0. The van der Waals surface area contributed by atoms with Gasteiger partial charge in [-0.05, 0) is 18.2 Å². The van der Waals surface area contributed by atoms with Gasteiger partial charge in [-0.1, -0.05) is 6.07 Å². The Morgan fingerprint density at radius 2 is 2.03 bits per heavy atom. The van der Waals surface area contributed by atoms with E-state index in [0.29, 0.717) is 6.07 Å². The van der Waals surface area contributed by atoms with Crippen LogP contribution in [-0.4, -0.2) is 35.1 Å². The summed E-state index contributed by atoms with van der Waals surface area (Å²) in [5, 5.41) is 23.4. The molecule has 7 nitrogen and oxygen atoms in total. The number of nitrogens with zero attached hydrogens (tertiary/aromatic N) is 2. The number of carbonyl (C=O) groups is 2. The summed E-state index contributed by atoms with van der Waals surface area (Å²) in [6.45, 7) is -1.34. The third kappa shape index (κ3) is 4.14. The maximum atomic E-state index is 13.9. The molecule has 0 bridgehead atoms. The lowest BCUT2D eigenvalue weighted by molar-refractivity contribution is -0.122. The van der Waals surface area contributed by atoms with Crippen molar-refractivity contribution in [1.29, 1.82) is 5.26 Å². The van der Waals surface area contributed by atoms with E-state index in [1.54, 1.807) is 6.07 Å². The number of urea groups is 1. The van der Waals surface area contributed by atoms with E-state index < -0.39 is 48.6 Å². The lowest BCUT2D eigenvalue weighted by atomic mass is 10.0. The van der Waals surface area contributed by atoms with Crippen molar-refractivity contribution in [1.82, 2.24) is 10.2 Å². The highest BCUT2D eigenvalue weighted by molar-refractivity contribution is 5.95. The summed E-state index contributed by atoms with van der Waals surface area (Å²) >= 11 is 0. The summed E-state index contributed by atoms with van der Waals surface area (Å²) < 4.78 is 40.8. The molecule has 3 amide bonds. The largest absolute Gasteiger partial charge is 0.394 e. The monoisotopic (exact) mass is 404 g/mol. The normalized spacial score (nSPS) is 13.9. The van der Waals surface area contributed by atoms with Crippen molar-refractivity contribution in [2.45, 2.75) is 12.6 Å². The second-order valence-corrected chi connectivity index (χ2v) is 6.32. The van der Waals surface area contributed by atoms with Gasteiger partial charge in [-0.3, -0.25) is 4.79 Å². The number of rotatable bonds is 5. The molecule has 1 unspecified atom stereocenters. The van der Waals surface area contributed by atoms with Gasteiger partial charge in [0.15, 0.2) is 0 Å². The van der Waals surface area contributed by atoms with Crippen LogP contribution >= 0.6 is 0 Å². The van der Waals surface area contributed by atoms with E-state index in [2.05, 4.69) is 10.6 Å². The lowest BCUT2D eigenvalue weighted by Gasteiger charge is -2.30. The summed E-state index contributed by atoms with van der Waals surface area (Å²) in [5.41, 5.74) is 0.133. The topological polar surface area (TPSA) is 105 Å². The summed E-state index contributed by atoms with van der Waals surface area (Å²) in [7, 11) is 0. The van der Waals surface area contributed by atoms with Gasteiger partial charge < -0.3 is 20.6 Å². The number of hydrogen-bond acceptors (Lipinski definition) is 4. The molecule has 29 heavy (non-hydrogen) atoms. The Hall–Kier alpha value is -3.58. The van der Waals surface area contributed by atoms with Crippen LogP contribution in [0.2, 0.25) is 0 Å². The number of halogens is 3. The maximum absolute atomic E-state index is 13.9. The Bertz CT molecular complexity index is 1020. The fourth-order valence-electron chi connectivity index (χ4n) is 3.03. The molecule has 3 N–H and O–H groups in total. The van der Waals surface area contributed by atoms with Gasteiger partial charge in [0, 0.05) is 22.9 Å². The van der Waals surface area contributed by atoms with Crippen LogP contribution in [0, 0.1) is 28.8 Å².